The van der Waals surface area contributed by atoms with E-state index in [9.17, 15) is 0 Å². The molecule has 0 aliphatic carbocycles. The van der Waals surface area contributed by atoms with Gasteiger partial charge in [-0.25, -0.2) is 9.98 Å². The standard InChI is InChI=1S/C5H8N2O.C2H6/c1-3-7-5(4-8)6-2;1-2/h3,8H,1-2,4H2;1-2H3. The molecule has 0 aliphatic rings. The fourth-order valence-corrected chi connectivity index (χ4v) is 0.237. The van der Waals surface area contributed by atoms with Crippen molar-refractivity contribution in [1.29, 1.82) is 0 Å². The van der Waals surface area contributed by atoms with Crippen LogP contribution in [0.4, 0.5) is 0 Å². The van der Waals surface area contributed by atoms with Crippen LogP contribution in [0.5, 0.6) is 0 Å². The van der Waals surface area contributed by atoms with Crippen molar-refractivity contribution in [2.75, 3.05) is 6.61 Å². The topological polar surface area (TPSA) is 45.0 Å². The lowest BCUT2D eigenvalue weighted by atomic mass is 10.6. The van der Waals surface area contributed by atoms with Crippen molar-refractivity contribution >= 4 is 12.6 Å². The molecule has 0 spiro atoms. The number of hydrogen-bond acceptors (Lipinski definition) is 2. The molecule has 0 aromatic heterocycles. The molecular weight excluding hydrogens is 128 g/mol. The molecule has 0 aromatic rings. The smallest absolute Gasteiger partial charge is 0.152 e. The Bertz CT molecular complexity index is 119. The summed E-state index contributed by atoms with van der Waals surface area (Å²) < 4.78 is 0. The van der Waals surface area contributed by atoms with Crippen LogP contribution in [0.15, 0.2) is 22.8 Å². The van der Waals surface area contributed by atoms with Gasteiger partial charge in [-0.3, -0.25) is 0 Å². The maximum Gasteiger partial charge on any atom is 0.152 e. The second-order valence-electron chi connectivity index (χ2n) is 1.04. The summed E-state index contributed by atoms with van der Waals surface area (Å²) >= 11 is 0. The number of nitrogens with zero attached hydrogens (tertiary/aromatic N) is 2. The van der Waals surface area contributed by atoms with Crippen molar-refractivity contribution in [3.63, 3.8) is 0 Å². The summed E-state index contributed by atoms with van der Waals surface area (Å²) in [5.74, 6) is 0.292. The zero-order valence-corrected chi connectivity index (χ0v) is 6.54. The van der Waals surface area contributed by atoms with Gasteiger partial charge in [0.25, 0.3) is 0 Å². The normalized spacial score (nSPS) is 9.30. The van der Waals surface area contributed by atoms with Gasteiger partial charge in [-0.1, -0.05) is 20.4 Å². The van der Waals surface area contributed by atoms with Crippen molar-refractivity contribution in [2.45, 2.75) is 13.8 Å². The van der Waals surface area contributed by atoms with Gasteiger partial charge < -0.3 is 5.11 Å². The van der Waals surface area contributed by atoms with Crippen LogP contribution in [0.1, 0.15) is 13.8 Å². The monoisotopic (exact) mass is 142 g/mol. The fourth-order valence-electron chi connectivity index (χ4n) is 0.237. The van der Waals surface area contributed by atoms with Gasteiger partial charge in [0.15, 0.2) is 5.84 Å². The largest absolute Gasteiger partial charge is 0.388 e. The third kappa shape index (κ3) is 7.04. The predicted molar refractivity (Wildman–Crippen MR) is 45.6 cm³/mol. The van der Waals surface area contributed by atoms with E-state index >= 15 is 0 Å². The van der Waals surface area contributed by atoms with E-state index in [4.69, 9.17) is 5.11 Å². The van der Waals surface area contributed by atoms with E-state index in [-0.39, 0.29) is 6.61 Å². The minimum absolute atomic E-state index is 0.185. The van der Waals surface area contributed by atoms with Gasteiger partial charge in [0.05, 0.1) is 0 Å². The first-order chi connectivity index (χ1) is 4.85. The summed E-state index contributed by atoms with van der Waals surface area (Å²) in [5, 5.41) is 8.34. The van der Waals surface area contributed by atoms with E-state index in [1.807, 2.05) is 13.8 Å². The number of rotatable bonds is 2. The third-order valence-corrected chi connectivity index (χ3v) is 0.564. The van der Waals surface area contributed by atoms with Gasteiger partial charge in [-0.15, -0.1) is 0 Å². The molecule has 0 bridgehead atoms. The lowest BCUT2D eigenvalue weighted by Gasteiger charge is -1.86. The van der Waals surface area contributed by atoms with Crippen molar-refractivity contribution < 1.29 is 5.11 Å². The molecular formula is C7H14N2O. The summed E-state index contributed by atoms with van der Waals surface area (Å²) in [4.78, 5) is 6.94. The lowest BCUT2D eigenvalue weighted by molar-refractivity contribution is 0.356. The fraction of sp³-hybridized carbons (Fsp3) is 0.429. The molecule has 0 unspecified atom stereocenters. The van der Waals surface area contributed by atoms with Gasteiger partial charge >= 0.3 is 0 Å². The quantitative estimate of drug-likeness (QED) is 0.457. The molecule has 0 saturated heterocycles. The highest BCUT2D eigenvalue weighted by atomic mass is 16.3. The maximum absolute atomic E-state index is 8.34. The van der Waals surface area contributed by atoms with Gasteiger partial charge in [0, 0.05) is 6.20 Å². The molecule has 0 atom stereocenters. The summed E-state index contributed by atoms with van der Waals surface area (Å²) in [7, 11) is 0. The Morgan fingerprint density at radius 2 is 2.10 bits per heavy atom. The number of aliphatic hydroxyl groups is 1. The average Bonchev–Trinajstić information content (AvgIpc) is 2.04. The summed E-state index contributed by atoms with van der Waals surface area (Å²) in [5.41, 5.74) is 0. The number of amidine groups is 1. The van der Waals surface area contributed by atoms with Crippen LogP contribution >= 0.6 is 0 Å². The van der Waals surface area contributed by atoms with Crippen molar-refractivity contribution in [2.24, 2.45) is 9.98 Å². The van der Waals surface area contributed by atoms with Gasteiger partial charge in [-0.05, 0) is 6.72 Å². The van der Waals surface area contributed by atoms with Crippen LogP contribution in [0.25, 0.3) is 0 Å². The van der Waals surface area contributed by atoms with E-state index < -0.39 is 0 Å². The molecule has 10 heavy (non-hydrogen) atoms. The Morgan fingerprint density at radius 1 is 1.60 bits per heavy atom. The Hall–Kier alpha value is -0.960. The molecule has 0 fully saturated rings. The molecule has 0 heterocycles. The van der Waals surface area contributed by atoms with Gasteiger partial charge in [0.2, 0.25) is 0 Å². The first-order valence-electron chi connectivity index (χ1n) is 3.10. The summed E-state index contributed by atoms with van der Waals surface area (Å²) in [6.45, 7) is 10.3. The van der Waals surface area contributed by atoms with Crippen LogP contribution in [0.3, 0.4) is 0 Å². The number of aliphatic hydroxyl groups excluding tert-OH is 1. The highest BCUT2D eigenvalue weighted by Crippen LogP contribution is 1.77. The first kappa shape index (κ1) is 11.8. The minimum atomic E-state index is -0.185. The molecule has 0 rings (SSSR count). The van der Waals surface area contributed by atoms with Gasteiger partial charge in [0.1, 0.15) is 6.61 Å². The molecule has 0 amide bonds. The molecule has 3 heteroatoms. The Labute approximate surface area is 61.8 Å². The van der Waals surface area contributed by atoms with Gasteiger partial charge in [-0.2, -0.15) is 0 Å². The predicted octanol–water partition coefficient (Wildman–Crippen LogP) is 1.25. The van der Waals surface area contributed by atoms with E-state index in [2.05, 4.69) is 23.3 Å². The zero-order valence-electron chi connectivity index (χ0n) is 6.54. The molecule has 0 radical (unpaired) electrons. The third-order valence-electron chi connectivity index (χ3n) is 0.564. The van der Waals surface area contributed by atoms with Crippen LogP contribution in [-0.4, -0.2) is 24.3 Å². The van der Waals surface area contributed by atoms with Crippen LogP contribution < -0.4 is 0 Å². The van der Waals surface area contributed by atoms with E-state index in [1.165, 1.54) is 6.20 Å². The second kappa shape index (κ2) is 10.9. The number of hydrogen-bond donors (Lipinski definition) is 1. The Kier molecular flexibility index (Phi) is 12.9. The summed E-state index contributed by atoms with van der Waals surface area (Å²) in [6.07, 6.45) is 1.31. The molecule has 0 aromatic carbocycles. The SMILES string of the molecule is C=CN=C(CO)N=C.CC. The molecule has 3 nitrogen and oxygen atoms in total. The van der Waals surface area contributed by atoms with E-state index in [1.54, 1.807) is 0 Å². The second-order valence-corrected chi connectivity index (χ2v) is 1.04. The zero-order chi connectivity index (χ0) is 8.41. The Morgan fingerprint density at radius 3 is 2.20 bits per heavy atom. The molecule has 0 aliphatic heterocycles. The van der Waals surface area contributed by atoms with Crippen LogP contribution in [0, 0.1) is 0 Å². The maximum atomic E-state index is 8.34. The highest BCUT2D eigenvalue weighted by Gasteiger charge is 1.84. The number of aliphatic imine (C=N–C) groups is 2. The van der Waals surface area contributed by atoms with Crippen LogP contribution in [-0.2, 0) is 0 Å². The molecule has 1 N–H and O–H groups in total. The summed E-state index contributed by atoms with van der Waals surface area (Å²) in [6, 6.07) is 0. The molecule has 58 valence electrons. The highest BCUT2D eigenvalue weighted by molar-refractivity contribution is 5.87. The van der Waals surface area contributed by atoms with Crippen LogP contribution in [0.2, 0.25) is 0 Å². The van der Waals surface area contributed by atoms with Crippen molar-refractivity contribution in [3.8, 4) is 0 Å². The lowest BCUT2D eigenvalue weighted by Crippen LogP contribution is -1.97. The van der Waals surface area contributed by atoms with E-state index in [0.717, 1.165) is 0 Å². The first-order valence-corrected chi connectivity index (χ1v) is 3.10. The average molecular weight is 142 g/mol. The van der Waals surface area contributed by atoms with Crippen molar-refractivity contribution in [1.82, 2.24) is 0 Å². The van der Waals surface area contributed by atoms with E-state index in [0.29, 0.717) is 5.84 Å². The van der Waals surface area contributed by atoms with Crippen molar-refractivity contribution in [3.05, 3.63) is 12.8 Å². The minimum Gasteiger partial charge on any atom is -0.388 e. The molecule has 0 saturated carbocycles. The Balaban J connectivity index is 0.